The lowest BCUT2D eigenvalue weighted by molar-refractivity contribution is -0.125. The minimum atomic E-state index is 0.289. The summed E-state index contributed by atoms with van der Waals surface area (Å²) in [6, 6.07) is 20.7. The maximum absolute atomic E-state index is 11.6. The minimum absolute atomic E-state index is 0.289. The van der Waals surface area contributed by atoms with Crippen molar-refractivity contribution >= 4 is 40.9 Å². The molecule has 0 spiro atoms. The minimum Gasteiger partial charge on any atom is -0.299 e. The summed E-state index contributed by atoms with van der Waals surface area (Å²) in [5.74, 6) is 2.65. The summed E-state index contributed by atoms with van der Waals surface area (Å²) < 4.78 is 0. The maximum Gasteiger partial charge on any atom is 0.136 e. The van der Waals surface area contributed by atoms with Crippen molar-refractivity contribution in [1.29, 1.82) is 0 Å². The Labute approximate surface area is 256 Å². The molecule has 0 aliphatic heterocycles. The van der Waals surface area contributed by atoms with Crippen molar-refractivity contribution in [1.82, 2.24) is 0 Å². The molecule has 5 heteroatoms. The largest absolute Gasteiger partial charge is 0.299 e. The highest BCUT2D eigenvalue weighted by atomic mass is 32.2. The predicted octanol–water partition coefficient (Wildman–Crippen LogP) is 9.64. The van der Waals surface area contributed by atoms with E-state index in [-0.39, 0.29) is 11.8 Å². The van der Waals surface area contributed by atoms with Crippen LogP contribution in [0.15, 0.2) is 82.6 Å². The molecular weight excluding hydrogens is 545 g/mol. The zero-order valence-corrected chi connectivity index (χ0v) is 27.0. The van der Waals surface area contributed by atoms with E-state index in [0.717, 1.165) is 44.9 Å². The first kappa shape index (κ1) is 33.4. The van der Waals surface area contributed by atoms with Gasteiger partial charge in [-0.05, 0) is 75.6 Å². The highest BCUT2D eigenvalue weighted by molar-refractivity contribution is 8.00. The van der Waals surface area contributed by atoms with Crippen LogP contribution in [0.2, 0.25) is 0 Å². The van der Waals surface area contributed by atoms with Crippen molar-refractivity contribution in [3.63, 3.8) is 0 Å². The van der Waals surface area contributed by atoms with Crippen LogP contribution in [0.3, 0.4) is 0 Å². The predicted molar refractivity (Wildman–Crippen MR) is 175 cm³/mol. The Kier molecular flexibility index (Phi) is 13.9. The summed E-state index contributed by atoms with van der Waals surface area (Å²) in [5.41, 5.74) is 1.17. The molecule has 0 saturated heterocycles. The molecule has 222 valence electrons. The van der Waals surface area contributed by atoms with Crippen LogP contribution in [0.5, 0.6) is 0 Å². The first-order chi connectivity index (χ1) is 19.6. The Bertz CT molecular complexity index is 1060. The fraction of sp³-hybridized carbons (Fsp3) is 0.528. The van der Waals surface area contributed by atoms with Gasteiger partial charge in [0, 0.05) is 57.3 Å². The molecule has 3 saturated carbocycles. The van der Waals surface area contributed by atoms with Crippen LogP contribution in [-0.2, 0) is 14.4 Å². The van der Waals surface area contributed by atoms with Crippen molar-refractivity contribution in [2.75, 3.05) is 0 Å². The van der Waals surface area contributed by atoms with E-state index in [0.29, 0.717) is 39.7 Å². The molecule has 3 aliphatic carbocycles. The van der Waals surface area contributed by atoms with Crippen LogP contribution in [0.1, 0.15) is 85.5 Å². The smallest absolute Gasteiger partial charge is 0.136 e. The molecule has 3 aliphatic rings. The molecule has 0 amide bonds. The van der Waals surface area contributed by atoms with E-state index < -0.39 is 0 Å². The van der Waals surface area contributed by atoms with Crippen LogP contribution in [0, 0.1) is 23.7 Å². The SMILES string of the molecule is C=C(C)[C@@H]1CC[C@@H](C)C(=O)C1.C[C@@H]1CC[C@@H](Sc2ccccc2)CC1=O.C[C@@H]1CC[C@@H](Sc2ccccc2)CC1=O. The number of carbonyl (C=O) groups excluding carboxylic acids is 3. The van der Waals surface area contributed by atoms with E-state index in [1.807, 2.05) is 63.4 Å². The first-order valence-electron chi connectivity index (χ1n) is 15.3. The van der Waals surface area contributed by atoms with Crippen LogP contribution in [0.4, 0.5) is 0 Å². The number of ketones is 3. The fourth-order valence-electron chi connectivity index (χ4n) is 5.41. The van der Waals surface area contributed by atoms with Gasteiger partial charge in [0.05, 0.1) is 0 Å². The fourth-order valence-corrected chi connectivity index (χ4v) is 7.81. The molecule has 6 atom stereocenters. The Morgan fingerprint density at radius 1 is 0.585 bits per heavy atom. The van der Waals surface area contributed by atoms with Crippen LogP contribution in [0.25, 0.3) is 0 Å². The van der Waals surface area contributed by atoms with Gasteiger partial charge in [-0.15, -0.1) is 23.5 Å². The van der Waals surface area contributed by atoms with Gasteiger partial charge in [-0.3, -0.25) is 14.4 Å². The van der Waals surface area contributed by atoms with Gasteiger partial charge in [-0.1, -0.05) is 69.3 Å². The molecule has 3 nitrogen and oxygen atoms in total. The number of allylic oxidation sites excluding steroid dienone is 1. The number of rotatable bonds is 5. The molecule has 2 aromatic rings. The molecule has 0 aromatic heterocycles. The van der Waals surface area contributed by atoms with Gasteiger partial charge in [0.15, 0.2) is 0 Å². The molecule has 0 bridgehead atoms. The normalized spacial score (nSPS) is 28.0. The average molecular weight is 593 g/mol. The second-order valence-corrected chi connectivity index (χ2v) is 14.8. The summed E-state index contributed by atoms with van der Waals surface area (Å²) in [5, 5.41) is 0.993. The molecule has 5 rings (SSSR count). The van der Waals surface area contributed by atoms with Gasteiger partial charge < -0.3 is 0 Å². The molecule has 0 unspecified atom stereocenters. The zero-order chi connectivity index (χ0) is 29.8. The third kappa shape index (κ3) is 11.6. The van der Waals surface area contributed by atoms with Gasteiger partial charge in [0.25, 0.3) is 0 Å². The summed E-state index contributed by atoms with van der Waals surface area (Å²) in [7, 11) is 0. The zero-order valence-electron chi connectivity index (χ0n) is 25.3. The van der Waals surface area contributed by atoms with Gasteiger partial charge in [0.1, 0.15) is 17.3 Å². The number of hydrogen-bond donors (Lipinski definition) is 0. The van der Waals surface area contributed by atoms with Crippen LogP contribution >= 0.6 is 23.5 Å². The van der Waals surface area contributed by atoms with Crippen molar-refractivity contribution in [3.05, 3.63) is 72.8 Å². The monoisotopic (exact) mass is 592 g/mol. The second kappa shape index (κ2) is 17.1. The Morgan fingerprint density at radius 3 is 1.29 bits per heavy atom. The van der Waals surface area contributed by atoms with E-state index >= 15 is 0 Å². The number of thioether (sulfide) groups is 2. The van der Waals surface area contributed by atoms with Crippen molar-refractivity contribution in [3.8, 4) is 0 Å². The molecule has 41 heavy (non-hydrogen) atoms. The third-order valence-electron chi connectivity index (χ3n) is 8.53. The summed E-state index contributed by atoms with van der Waals surface area (Å²) in [6.45, 7) is 12.0. The molecule has 0 heterocycles. The molecular formula is C36H48O3S2. The lowest BCUT2D eigenvalue weighted by Crippen LogP contribution is -2.24. The second-order valence-electron chi connectivity index (χ2n) is 12.1. The quantitative estimate of drug-likeness (QED) is 0.324. The third-order valence-corrected chi connectivity index (χ3v) is 11.1. The highest BCUT2D eigenvalue weighted by Crippen LogP contribution is 2.35. The summed E-state index contributed by atoms with van der Waals surface area (Å²) >= 11 is 3.70. The number of Topliss-reactive ketones (excluding diaryl/α,β-unsaturated/α-hetero) is 3. The number of benzene rings is 2. The number of carbonyl (C=O) groups is 3. The topological polar surface area (TPSA) is 51.2 Å². The van der Waals surface area contributed by atoms with E-state index in [2.05, 4.69) is 55.1 Å². The van der Waals surface area contributed by atoms with E-state index in [1.165, 1.54) is 28.2 Å². The van der Waals surface area contributed by atoms with Gasteiger partial charge in [0.2, 0.25) is 0 Å². The average Bonchev–Trinajstić information content (AvgIpc) is 2.96. The Hall–Kier alpha value is -2.11. The summed E-state index contributed by atoms with van der Waals surface area (Å²) in [4.78, 5) is 37.0. The molecule has 3 fully saturated rings. The van der Waals surface area contributed by atoms with E-state index in [4.69, 9.17) is 0 Å². The maximum atomic E-state index is 11.6. The standard InChI is InChI=1S/2C13H16OS.C10H16O/c2*1-10-7-8-12(9-13(10)14)15-11-5-3-2-4-6-11;1-7(2)9-5-4-8(3)10(11)6-9/h2*2-6,10,12H,7-9H2,1H3;8-9H,1,4-6H2,2-3H3/t2*10-,12-;8-,9-/m111/s1. The number of hydrogen-bond acceptors (Lipinski definition) is 5. The first-order valence-corrected chi connectivity index (χ1v) is 17.0. The van der Waals surface area contributed by atoms with Gasteiger partial charge >= 0.3 is 0 Å². The highest BCUT2D eigenvalue weighted by Gasteiger charge is 2.27. The van der Waals surface area contributed by atoms with Crippen LogP contribution in [-0.4, -0.2) is 27.8 Å². The van der Waals surface area contributed by atoms with Crippen molar-refractivity contribution in [2.45, 2.75) is 106 Å². The molecule has 2 aromatic carbocycles. The van der Waals surface area contributed by atoms with E-state index in [9.17, 15) is 14.4 Å². The van der Waals surface area contributed by atoms with Crippen LogP contribution < -0.4 is 0 Å². The Balaban J connectivity index is 0.000000172. The van der Waals surface area contributed by atoms with Gasteiger partial charge in [-0.25, -0.2) is 0 Å². The lowest BCUT2D eigenvalue weighted by Gasteiger charge is -2.25. The Morgan fingerprint density at radius 2 is 0.951 bits per heavy atom. The van der Waals surface area contributed by atoms with Crippen molar-refractivity contribution < 1.29 is 14.4 Å². The summed E-state index contributed by atoms with van der Waals surface area (Å²) in [6.07, 6.45) is 8.90. The van der Waals surface area contributed by atoms with Crippen molar-refractivity contribution in [2.24, 2.45) is 23.7 Å². The molecule has 0 N–H and O–H groups in total. The van der Waals surface area contributed by atoms with Gasteiger partial charge in [-0.2, -0.15) is 0 Å². The molecule has 0 radical (unpaired) electrons. The van der Waals surface area contributed by atoms with E-state index in [1.54, 1.807) is 0 Å². The lowest BCUT2D eigenvalue weighted by atomic mass is 9.79.